The van der Waals surface area contributed by atoms with E-state index >= 15 is 0 Å². The van der Waals surface area contributed by atoms with Crippen LogP contribution in [0.2, 0.25) is 0 Å². The van der Waals surface area contributed by atoms with Crippen LogP contribution in [0.5, 0.6) is 0 Å². The van der Waals surface area contributed by atoms with E-state index in [9.17, 15) is 9.59 Å². The summed E-state index contributed by atoms with van der Waals surface area (Å²) < 4.78 is 0. The molecule has 4 nitrogen and oxygen atoms in total. The maximum atomic E-state index is 12.2. The number of amides is 2. The van der Waals surface area contributed by atoms with Crippen LogP contribution < -0.4 is 10.6 Å². The van der Waals surface area contributed by atoms with Crippen molar-refractivity contribution in [1.82, 2.24) is 10.6 Å². The van der Waals surface area contributed by atoms with Gasteiger partial charge in [-0.25, -0.2) is 0 Å². The van der Waals surface area contributed by atoms with Crippen molar-refractivity contribution in [3.05, 3.63) is 35.4 Å². The monoisotopic (exact) mass is 274 g/mol. The van der Waals surface area contributed by atoms with Gasteiger partial charge in [0.15, 0.2) is 0 Å². The minimum Gasteiger partial charge on any atom is -0.354 e. The van der Waals surface area contributed by atoms with Crippen LogP contribution in [0, 0.1) is 0 Å². The zero-order valence-corrected chi connectivity index (χ0v) is 12.1. The van der Waals surface area contributed by atoms with Gasteiger partial charge in [0.2, 0.25) is 5.91 Å². The maximum absolute atomic E-state index is 12.2. The molecule has 1 aliphatic rings. The number of hydrogen-bond donors (Lipinski definition) is 2. The molecule has 2 N–H and O–H groups in total. The van der Waals surface area contributed by atoms with E-state index in [1.54, 1.807) is 0 Å². The number of rotatable bonds is 3. The molecular weight excluding hydrogens is 252 g/mol. The van der Waals surface area contributed by atoms with Crippen molar-refractivity contribution in [3.8, 4) is 0 Å². The number of carbonyl (C=O) groups is 2. The minimum absolute atomic E-state index is 0.0744. The Morgan fingerprint density at radius 3 is 2.60 bits per heavy atom. The van der Waals surface area contributed by atoms with E-state index in [0.29, 0.717) is 24.4 Å². The Hall–Kier alpha value is -1.84. The van der Waals surface area contributed by atoms with Crippen LogP contribution in [0.15, 0.2) is 24.3 Å². The fourth-order valence-corrected chi connectivity index (χ4v) is 2.34. The van der Waals surface area contributed by atoms with E-state index in [4.69, 9.17) is 0 Å². The van der Waals surface area contributed by atoms with Crippen LogP contribution in [-0.2, 0) is 4.79 Å². The van der Waals surface area contributed by atoms with E-state index in [1.807, 2.05) is 24.3 Å². The van der Waals surface area contributed by atoms with Gasteiger partial charge in [-0.3, -0.25) is 9.59 Å². The van der Waals surface area contributed by atoms with E-state index in [-0.39, 0.29) is 11.8 Å². The Labute approximate surface area is 119 Å². The Bertz CT molecular complexity index is 480. The Balaban J connectivity index is 2.01. The second-order valence-electron chi connectivity index (χ2n) is 5.59. The molecule has 1 atom stereocenters. The fraction of sp³-hybridized carbons (Fsp3) is 0.500. The van der Waals surface area contributed by atoms with E-state index < -0.39 is 6.04 Å². The van der Waals surface area contributed by atoms with Gasteiger partial charge in [0, 0.05) is 12.1 Å². The molecule has 0 aliphatic carbocycles. The zero-order chi connectivity index (χ0) is 14.5. The minimum atomic E-state index is -0.408. The molecule has 1 unspecified atom stereocenters. The molecule has 108 valence electrons. The third kappa shape index (κ3) is 3.59. The van der Waals surface area contributed by atoms with Crippen LogP contribution >= 0.6 is 0 Å². The van der Waals surface area contributed by atoms with Crippen molar-refractivity contribution in [2.75, 3.05) is 6.54 Å². The lowest BCUT2D eigenvalue weighted by molar-refractivity contribution is -0.122. The van der Waals surface area contributed by atoms with E-state index in [2.05, 4.69) is 24.5 Å². The average molecular weight is 274 g/mol. The smallest absolute Gasteiger partial charge is 0.251 e. The lowest BCUT2D eigenvalue weighted by atomic mass is 10.0. The first-order valence-corrected chi connectivity index (χ1v) is 7.26. The summed E-state index contributed by atoms with van der Waals surface area (Å²) in [5.41, 5.74) is 1.81. The van der Waals surface area contributed by atoms with Crippen LogP contribution in [0.4, 0.5) is 0 Å². The highest BCUT2D eigenvalue weighted by atomic mass is 16.2. The molecule has 0 radical (unpaired) electrons. The van der Waals surface area contributed by atoms with Crippen LogP contribution in [-0.4, -0.2) is 24.4 Å². The Morgan fingerprint density at radius 1 is 1.25 bits per heavy atom. The second-order valence-corrected chi connectivity index (χ2v) is 5.59. The summed E-state index contributed by atoms with van der Waals surface area (Å²) >= 11 is 0. The predicted molar refractivity (Wildman–Crippen MR) is 78.6 cm³/mol. The molecule has 0 spiro atoms. The molecule has 1 aromatic rings. The van der Waals surface area contributed by atoms with Gasteiger partial charge in [-0.1, -0.05) is 26.0 Å². The summed E-state index contributed by atoms with van der Waals surface area (Å²) in [6.45, 7) is 4.93. The first kappa shape index (κ1) is 14.6. The highest BCUT2D eigenvalue weighted by Crippen LogP contribution is 2.15. The molecule has 2 rings (SSSR count). The summed E-state index contributed by atoms with van der Waals surface area (Å²) in [6.07, 6.45) is 2.64. The van der Waals surface area contributed by atoms with Gasteiger partial charge in [0.25, 0.3) is 5.91 Å². The first-order chi connectivity index (χ1) is 9.58. The van der Waals surface area contributed by atoms with Crippen molar-refractivity contribution < 1.29 is 9.59 Å². The molecule has 0 bridgehead atoms. The molecule has 1 aromatic carbocycles. The van der Waals surface area contributed by atoms with Gasteiger partial charge in [0.05, 0.1) is 0 Å². The highest BCUT2D eigenvalue weighted by molar-refractivity contribution is 5.97. The van der Waals surface area contributed by atoms with Crippen molar-refractivity contribution in [2.24, 2.45) is 0 Å². The highest BCUT2D eigenvalue weighted by Gasteiger charge is 2.22. The van der Waals surface area contributed by atoms with E-state index in [1.165, 1.54) is 5.56 Å². The third-order valence-corrected chi connectivity index (χ3v) is 3.68. The molecule has 2 amide bonds. The first-order valence-electron chi connectivity index (χ1n) is 7.26. The summed E-state index contributed by atoms with van der Waals surface area (Å²) in [5.74, 6) is 0.191. The lowest BCUT2D eigenvalue weighted by Crippen LogP contribution is -2.45. The zero-order valence-electron chi connectivity index (χ0n) is 12.1. The van der Waals surface area contributed by atoms with Gasteiger partial charge in [-0.05, 0) is 42.9 Å². The van der Waals surface area contributed by atoms with Crippen molar-refractivity contribution in [3.63, 3.8) is 0 Å². The average Bonchev–Trinajstić information content (AvgIpc) is 2.64. The standard InChI is InChI=1S/C16H22N2O2/c1-11(2)12-6-8-13(9-7-12)15(19)18-14-5-3-4-10-17-16(14)20/h6-9,11,14H,3-5,10H2,1-2H3,(H,17,20)(H,18,19). The number of benzene rings is 1. The summed E-state index contributed by atoms with van der Waals surface area (Å²) in [7, 11) is 0. The quantitative estimate of drug-likeness (QED) is 0.888. The normalized spacial score (nSPS) is 19.4. The van der Waals surface area contributed by atoms with Crippen LogP contribution in [0.25, 0.3) is 0 Å². The van der Waals surface area contributed by atoms with Crippen molar-refractivity contribution in [2.45, 2.75) is 45.1 Å². The fourth-order valence-electron chi connectivity index (χ4n) is 2.34. The Morgan fingerprint density at radius 2 is 1.95 bits per heavy atom. The predicted octanol–water partition coefficient (Wildman–Crippen LogP) is 2.21. The Kier molecular flexibility index (Phi) is 4.77. The van der Waals surface area contributed by atoms with E-state index in [0.717, 1.165) is 12.8 Å². The summed E-state index contributed by atoms with van der Waals surface area (Å²) in [6, 6.07) is 7.16. The molecule has 20 heavy (non-hydrogen) atoms. The van der Waals surface area contributed by atoms with Gasteiger partial charge >= 0.3 is 0 Å². The summed E-state index contributed by atoms with van der Waals surface area (Å²) in [5, 5.41) is 5.64. The van der Waals surface area contributed by atoms with Gasteiger partial charge in [-0.15, -0.1) is 0 Å². The largest absolute Gasteiger partial charge is 0.354 e. The SMILES string of the molecule is CC(C)c1ccc(C(=O)NC2CCCCNC2=O)cc1. The topological polar surface area (TPSA) is 58.2 Å². The molecule has 0 saturated carbocycles. The van der Waals surface area contributed by atoms with Crippen molar-refractivity contribution in [1.29, 1.82) is 0 Å². The number of nitrogens with one attached hydrogen (secondary N) is 2. The van der Waals surface area contributed by atoms with Crippen LogP contribution in [0.1, 0.15) is 54.9 Å². The maximum Gasteiger partial charge on any atom is 0.251 e. The van der Waals surface area contributed by atoms with Gasteiger partial charge < -0.3 is 10.6 Å². The molecule has 4 heteroatoms. The molecule has 1 aliphatic heterocycles. The summed E-state index contributed by atoms with van der Waals surface area (Å²) in [4.78, 5) is 24.0. The van der Waals surface area contributed by atoms with Gasteiger partial charge in [0.1, 0.15) is 6.04 Å². The number of hydrogen-bond acceptors (Lipinski definition) is 2. The third-order valence-electron chi connectivity index (χ3n) is 3.68. The molecule has 1 heterocycles. The molecule has 0 aromatic heterocycles. The van der Waals surface area contributed by atoms with Crippen LogP contribution in [0.3, 0.4) is 0 Å². The van der Waals surface area contributed by atoms with Crippen molar-refractivity contribution >= 4 is 11.8 Å². The van der Waals surface area contributed by atoms with Gasteiger partial charge in [-0.2, -0.15) is 0 Å². The molecule has 1 saturated heterocycles. The second kappa shape index (κ2) is 6.55. The molecular formula is C16H22N2O2. The molecule has 1 fully saturated rings. The number of carbonyl (C=O) groups excluding carboxylic acids is 2. The lowest BCUT2D eigenvalue weighted by Gasteiger charge is -2.15.